The normalized spacial score (nSPS) is 11.5. The van der Waals surface area contributed by atoms with E-state index < -0.39 is 21.7 Å². The fourth-order valence-corrected chi connectivity index (χ4v) is 4.02. The topological polar surface area (TPSA) is 112 Å². The third-order valence-corrected chi connectivity index (χ3v) is 5.72. The number of aromatic nitrogens is 3. The van der Waals surface area contributed by atoms with Gasteiger partial charge < -0.3 is 9.88 Å². The molecule has 4 aromatic rings. The first-order valence-corrected chi connectivity index (χ1v) is 10.7. The van der Waals surface area contributed by atoms with Crippen molar-refractivity contribution < 1.29 is 17.6 Å². The lowest BCUT2D eigenvalue weighted by Gasteiger charge is -2.12. The van der Waals surface area contributed by atoms with Crippen molar-refractivity contribution in [3.63, 3.8) is 0 Å². The zero-order valence-corrected chi connectivity index (χ0v) is 17.2. The van der Waals surface area contributed by atoms with Crippen molar-refractivity contribution in [3.05, 3.63) is 90.1 Å². The number of sulfonamides is 1. The van der Waals surface area contributed by atoms with E-state index in [4.69, 9.17) is 5.14 Å². The van der Waals surface area contributed by atoms with Gasteiger partial charge in [0.15, 0.2) is 5.82 Å². The largest absolute Gasteiger partial charge is 0.322 e. The summed E-state index contributed by atoms with van der Waals surface area (Å²) in [5.74, 6) is -0.718. The number of halogens is 1. The molecule has 0 aliphatic rings. The molecule has 10 heteroatoms. The van der Waals surface area contributed by atoms with Crippen molar-refractivity contribution in [1.29, 1.82) is 0 Å². The molecule has 2 heterocycles. The quantitative estimate of drug-likeness (QED) is 0.498. The Labute approximate surface area is 177 Å². The highest BCUT2D eigenvalue weighted by atomic mass is 32.2. The predicted molar refractivity (Wildman–Crippen MR) is 113 cm³/mol. The van der Waals surface area contributed by atoms with Crippen LogP contribution in [0, 0.1) is 12.7 Å². The van der Waals surface area contributed by atoms with Crippen LogP contribution in [-0.2, 0) is 10.0 Å². The number of amides is 1. The number of nitrogens with one attached hydrogen (secondary N) is 1. The summed E-state index contributed by atoms with van der Waals surface area (Å²) in [6.07, 6.45) is 4.73. The van der Waals surface area contributed by atoms with Gasteiger partial charge in [0.1, 0.15) is 17.1 Å². The molecule has 0 bridgehead atoms. The van der Waals surface area contributed by atoms with Crippen LogP contribution in [-0.4, -0.2) is 28.7 Å². The number of carbonyl (C=O) groups is 1. The average Bonchev–Trinajstić information content (AvgIpc) is 3.38. The van der Waals surface area contributed by atoms with Crippen LogP contribution in [0.2, 0.25) is 0 Å². The van der Waals surface area contributed by atoms with Crippen molar-refractivity contribution in [2.24, 2.45) is 5.14 Å². The highest BCUT2D eigenvalue weighted by Gasteiger charge is 2.22. The van der Waals surface area contributed by atoms with Crippen molar-refractivity contribution in [3.8, 4) is 11.5 Å². The van der Waals surface area contributed by atoms with E-state index in [0.29, 0.717) is 11.4 Å². The second-order valence-corrected chi connectivity index (χ2v) is 8.34. The molecule has 0 spiro atoms. The van der Waals surface area contributed by atoms with Gasteiger partial charge in [-0.25, -0.2) is 22.6 Å². The SMILES string of the molecule is Cc1ccc(NC(=O)c2cnn(-c3ccccc3F)c2-n2cccc2)cc1S(N)(=O)=O. The smallest absolute Gasteiger partial charge is 0.261 e. The third kappa shape index (κ3) is 3.98. The van der Waals surface area contributed by atoms with Gasteiger partial charge in [-0.15, -0.1) is 0 Å². The summed E-state index contributed by atoms with van der Waals surface area (Å²) < 4.78 is 40.9. The summed E-state index contributed by atoms with van der Waals surface area (Å²) in [5.41, 5.74) is 1.05. The van der Waals surface area contributed by atoms with Crippen LogP contribution < -0.4 is 10.5 Å². The summed E-state index contributed by atoms with van der Waals surface area (Å²) in [7, 11) is -3.95. The maximum Gasteiger partial charge on any atom is 0.261 e. The van der Waals surface area contributed by atoms with Gasteiger partial charge in [-0.2, -0.15) is 5.10 Å². The van der Waals surface area contributed by atoms with Crippen LogP contribution >= 0.6 is 0 Å². The monoisotopic (exact) mass is 439 g/mol. The minimum absolute atomic E-state index is 0.0852. The molecule has 0 fully saturated rings. The summed E-state index contributed by atoms with van der Waals surface area (Å²) in [6, 6.07) is 14.0. The van der Waals surface area contributed by atoms with Crippen molar-refractivity contribution in [2.75, 3.05) is 5.32 Å². The predicted octanol–water partition coefficient (Wildman–Crippen LogP) is 3.01. The van der Waals surface area contributed by atoms with Crippen LogP contribution in [0.4, 0.5) is 10.1 Å². The number of hydrogen-bond acceptors (Lipinski definition) is 4. The maximum atomic E-state index is 14.4. The van der Waals surface area contributed by atoms with E-state index in [-0.39, 0.29) is 21.8 Å². The molecule has 4 rings (SSSR count). The number of carbonyl (C=O) groups excluding carboxylic acids is 1. The standard InChI is InChI=1S/C21H18FN5O3S/c1-14-8-9-15(12-19(14)31(23,29)30)25-20(28)16-13-24-27(18-7-3-2-6-17(18)22)21(16)26-10-4-5-11-26/h2-13H,1H3,(H,25,28)(H2,23,29,30). The van der Waals surface area contributed by atoms with Gasteiger partial charge >= 0.3 is 0 Å². The minimum atomic E-state index is -3.95. The first kappa shape index (κ1) is 20.5. The molecule has 0 aliphatic heterocycles. The van der Waals surface area contributed by atoms with E-state index in [2.05, 4.69) is 10.4 Å². The highest BCUT2D eigenvalue weighted by Crippen LogP contribution is 2.24. The molecule has 2 aromatic heterocycles. The lowest BCUT2D eigenvalue weighted by atomic mass is 10.2. The van der Waals surface area contributed by atoms with Crippen LogP contribution in [0.25, 0.3) is 11.5 Å². The van der Waals surface area contributed by atoms with E-state index >= 15 is 0 Å². The van der Waals surface area contributed by atoms with Crippen LogP contribution in [0.15, 0.2) is 78.1 Å². The second kappa shape index (κ2) is 7.82. The number of aryl methyl sites for hydroxylation is 1. The fourth-order valence-electron chi connectivity index (χ4n) is 3.21. The van der Waals surface area contributed by atoms with E-state index in [1.165, 1.54) is 23.0 Å². The van der Waals surface area contributed by atoms with Crippen molar-refractivity contribution >= 4 is 21.6 Å². The molecule has 0 saturated heterocycles. The first-order valence-electron chi connectivity index (χ1n) is 9.17. The molecule has 0 saturated carbocycles. The van der Waals surface area contributed by atoms with Gasteiger partial charge in [0.25, 0.3) is 5.91 Å². The number of nitrogens with zero attached hydrogens (tertiary/aromatic N) is 3. The number of primary sulfonamides is 1. The number of para-hydroxylation sites is 1. The van der Waals surface area contributed by atoms with Gasteiger partial charge in [0.05, 0.1) is 11.1 Å². The van der Waals surface area contributed by atoms with Crippen molar-refractivity contribution in [2.45, 2.75) is 11.8 Å². The number of hydrogen-bond donors (Lipinski definition) is 2. The zero-order chi connectivity index (χ0) is 22.2. The molecule has 31 heavy (non-hydrogen) atoms. The number of benzene rings is 2. The van der Waals surface area contributed by atoms with E-state index in [0.717, 1.165) is 0 Å². The third-order valence-electron chi connectivity index (χ3n) is 4.67. The molecule has 8 nitrogen and oxygen atoms in total. The molecule has 3 N–H and O–H groups in total. The number of nitrogens with two attached hydrogens (primary N) is 1. The lowest BCUT2D eigenvalue weighted by Crippen LogP contribution is -2.17. The summed E-state index contributed by atoms with van der Waals surface area (Å²) in [4.78, 5) is 13.0. The van der Waals surface area contributed by atoms with Gasteiger partial charge in [0, 0.05) is 18.1 Å². The number of anilines is 1. The summed E-state index contributed by atoms with van der Waals surface area (Å²) in [6.45, 7) is 1.61. The Hall–Kier alpha value is -3.76. The zero-order valence-electron chi connectivity index (χ0n) is 16.4. The van der Waals surface area contributed by atoms with Crippen LogP contribution in [0.5, 0.6) is 0 Å². The van der Waals surface area contributed by atoms with Gasteiger partial charge in [0.2, 0.25) is 10.0 Å². The van der Waals surface area contributed by atoms with E-state index in [1.54, 1.807) is 66.3 Å². The Morgan fingerprint density at radius 2 is 1.81 bits per heavy atom. The molecule has 0 radical (unpaired) electrons. The second-order valence-electron chi connectivity index (χ2n) is 6.81. The first-order chi connectivity index (χ1) is 14.8. The van der Waals surface area contributed by atoms with Gasteiger partial charge in [-0.3, -0.25) is 4.79 Å². The minimum Gasteiger partial charge on any atom is -0.322 e. The van der Waals surface area contributed by atoms with Crippen LogP contribution in [0.3, 0.4) is 0 Å². The van der Waals surface area contributed by atoms with Gasteiger partial charge in [-0.05, 0) is 48.9 Å². The Balaban J connectivity index is 1.77. The Bertz CT molecular complexity index is 1380. The Morgan fingerprint density at radius 1 is 1.10 bits per heavy atom. The Morgan fingerprint density at radius 3 is 2.48 bits per heavy atom. The number of rotatable bonds is 5. The molecule has 0 atom stereocenters. The Kier molecular flexibility index (Phi) is 5.17. The molecule has 0 unspecified atom stereocenters. The maximum absolute atomic E-state index is 14.4. The summed E-state index contributed by atoms with van der Waals surface area (Å²) >= 11 is 0. The molecule has 1 amide bonds. The average molecular weight is 439 g/mol. The van der Waals surface area contributed by atoms with Crippen LogP contribution in [0.1, 0.15) is 15.9 Å². The molecular weight excluding hydrogens is 421 g/mol. The fraction of sp³-hybridized carbons (Fsp3) is 0.0476. The lowest BCUT2D eigenvalue weighted by molar-refractivity contribution is 0.102. The summed E-state index contributed by atoms with van der Waals surface area (Å²) in [5, 5.41) is 12.1. The van der Waals surface area contributed by atoms with Crippen molar-refractivity contribution in [1.82, 2.24) is 14.3 Å². The van der Waals surface area contributed by atoms with E-state index in [1.807, 2.05) is 0 Å². The molecule has 158 valence electrons. The molecular formula is C21H18FN5O3S. The van der Waals surface area contributed by atoms with E-state index in [9.17, 15) is 17.6 Å². The highest BCUT2D eigenvalue weighted by molar-refractivity contribution is 7.89. The molecule has 0 aliphatic carbocycles. The van der Waals surface area contributed by atoms with Gasteiger partial charge in [-0.1, -0.05) is 18.2 Å². The molecule has 2 aromatic carbocycles.